The SMILES string of the molecule is COc1ccccc1-c1ncc(C2CC(=O)Nc3nc(N)ccc32)cn1. The zero-order chi connectivity index (χ0) is 18.1. The van der Waals surface area contributed by atoms with Crippen LogP contribution in [0.5, 0.6) is 5.75 Å². The number of fused-ring (bicyclic) bond motifs is 1. The number of pyridine rings is 1. The summed E-state index contributed by atoms with van der Waals surface area (Å²) in [6.07, 6.45) is 3.81. The number of nitrogens with one attached hydrogen (secondary N) is 1. The highest BCUT2D eigenvalue weighted by atomic mass is 16.5. The summed E-state index contributed by atoms with van der Waals surface area (Å²) in [5.74, 6) is 1.89. The monoisotopic (exact) mass is 347 g/mol. The van der Waals surface area contributed by atoms with Crippen LogP contribution in [0.15, 0.2) is 48.8 Å². The summed E-state index contributed by atoms with van der Waals surface area (Å²) < 4.78 is 5.37. The summed E-state index contributed by atoms with van der Waals surface area (Å²) in [6.45, 7) is 0. The Balaban J connectivity index is 1.71. The number of aromatic nitrogens is 3. The predicted molar refractivity (Wildman–Crippen MR) is 97.8 cm³/mol. The van der Waals surface area contributed by atoms with Gasteiger partial charge in [-0.1, -0.05) is 18.2 Å². The summed E-state index contributed by atoms with van der Waals surface area (Å²) >= 11 is 0. The Morgan fingerprint density at radius 2 is 1.92 bits per heavy atom. The van der Waals surface area contributed by atoms with Gasteiger partial charge in [0.05, 0.1) is 12.7 Å². The van der Waals surface area contributed by atoms with E-state index in [1.165, 1.54) is 0 Å². The summed E-state index contributed by atoms with van der Waals surface area (Å²) in [7, 11) is 1.61. The van der Waals surface area contributed by atoms with Crippen LogP contribution in [0.1, 0.15) is 23.5 Å². The average molecular weight is 347 g/mol. The van der Waals surface area contributed by atoms with Crippen molar-refractivity contribution in [3.05, 3.63) is 59.9 Å². The molecule has 3 aromatic rings. The second-order valence-corrected chi connectivity index (χ2v) is 6.02. The highest BCUT2D eigenvalue weighted by Crippen LogP contribution is 2.36. The first-order valence-electron chi connectivity index (χ1n) is 8.17. The molecule has 7 heteroatoms. The molecule has 1 aliphatic rings. The minimum Gasteiger partial charge on any atom is -0.496 e. The van der Waals surface area contributed by atoms with Crippen LogP contribution in [0, 0.1) is 0 Å². The first-order chi connectivity index (χ1) is 12.7. The molecule has 3 heterocycles. The lowest BCUT2D eigenvalue weighted by molar-refractivity contribution is -0.116. The van der Waals surface area contributed by atoms with E-state index in [-0.39, 0.29) is 11.8 Å². The second-order valence-electron chi connectivity index (χ2n) is 6.02. The quantitative estimate of drug-likeness (QED) is 0.755. The number of nitrogen functional groups attached to an aromatic ring is 1. The van der Waals surface area contributed by atoms with Crippen molar-refractivity contribution in [3.8, 4) is 17.1 Å². The maximum absolute atomic E-state index is 12.0. The van der Waals surface area contributed by atoms with Gasteiger partial charge in [-0.05, 0) is 23.8 Å². The van der Waals surface area contributed by atoms with Crippen molar-refractivity contribution in [2.45, 2.75) is 12.3 Å². The third-order valence-corrected chi connectivity index (χ3v) is 4.39. The van der Waals surface area contributed by atoms with Crippen molar-refractivity contribution >= 4 is 17.5 Å². The van der Waals surface area contributed by atoms with Gasteiger partial charge in [-0.3, -0.25) is 4.79 Å². The highest BCUT2D eigenvalue weighted by Gasteiger charge is 2.28. The van der Waals surface area contributed by atoms with Crippen molar-refractivity contribution < 1.29 is 9.53 Å². The number of carbonyl (C=O) groups excluding carboxylic acids is 1. The zero-order valence-corrected chi connectivity index (χ0v) is 14.1. The van der Waals surface area contributed by atoms with Gasteiger partial charge in [0.25, 0.3) is 0 Å². The molecule has 26 heavy (non-hydrogen) atoms. The molecule has 0 aliphatic carbocycles. The number of methoxy groups -OCH3 is 1. The summed E-state index contributed by atoms with van der Waals surface area (Å²) in [5, 5.41) is 2.77. The Hall–Kier alpha value is -3.48. The highest BCUT2D eigenvalue weighted by molar-refractivity contribution is 5.94. The number of nitrogens with zero attached hydrogens (tertiary/aromatic N) is 3. The van der Waals surface area contributed by atoms with Crippen LogP contribution < -0.4 is 15.8 Å². The molecule has 3 N–H and O–H groups in total. The van der Waals surface area contributed by atoms with Crippen LogP contribution in [0.4, 0.5) is 11.6 Å². The number of para-hydroxylation sites is 1. The molecule has 1 unspecified atom stereocenters. The molecule has 1 amide bonds. The van der Waals surface area contributed by atoms with Crippen molar-refractivity contribution in [3.63, 3.8) is 0 Å². The van der Waals surface area contributed by atoms with E-state index in [1.54, 1.807) is 25.6 Å². The molecule has 4 rings (SSSR count). The number of rotatable bonds is 3. The predicted octanol–water partition coefficient (Wildman–Crippen LogP) is 2.60. The molecule has 1 aromatic carbocycles. The summed E-state index contributed by atoms with van der Waals surface area (Å²) in [5.41, 5.74) is 8.30. The molecule has 1 aliphatic heterocycles. The van der Waals surface area contributed by atoms with Gasteiger partial charge in [0, 0.05) is 30.3 Å². The molecule has 0 radical (unpaired) electrons. The number of carbonyl (C=O) groups is 1. The van der Waals surface area contributed by atoms with Crippen molar-refractivity contribution in [1.82, 2.24) is 15.0 Å². The zero-order valence-electron chi connectivity index (χ0n) is 14.1. The van der Waals surface area contributed by atoms with E-state index in [4.69, 9.17) is 10.5 Å². The Morgan fingerprint density at radius 3 is 2.69 bits per heavy atom. The maximum Gasteiger partial charge on any atom is 0.226 e. The van der Waals surface area contributed by atoms with E-state index in [0.717, 1.165) is 16.7 Å². The van der Waals surface area contributed by atoms with Crippen LogP contribution in [0.25, 0.3) is 11.4 Å². The van der Waals surface area contributed by atoms with Crippen LogP contribution in [-0.4, -0.2) is 28.0 Å². The Morgan fingerprint density at radius 1 is 1.15 bits per heavy atom. The van der Waals surface area contributed by atoms with Crippen LogP contribution in [0.3, 0.4) is 0 Å². The third-order valence-electron chi connectivity index (χ3n) is 4.39. The lowest BCUT2D eigenvalue weighted by Crippen LogP contribution is -2.25. The lowest BCUT2D eigenvalue weighted by Gasteiger charge is -2.24. The second kappa shape index (κ2) is 6.44. The lowest BCUT2D eigenvalue weighted by atomic mass is 9.88. The molecule has 7 nitrogen and oxygen atoms in total. The first kappa shape index (κ1) is 16.0. The maximum atomic E-state index is 12.0. The van der Waals surface area contributed by atoms with Gasteiger partial charge in [0.1, 0.15) is 17.4 Å². The fraction of sp³-hybridized carbons (Fsp3) is 0.158. The van der Waals surface area contributed by atoms with E-state index in [9.17, 15) is 4.79 Å². The summed E-state index contributed by atoms with van der Waals surface area (Å²) in [6, 6.07) is 11.2. The van der Waals surface area contributed by atoms with Gasteiger partial charge in [-0.2, -0.15) is 0 Å². The van der Waals surface area contributed by atoms with E-state index in [1.807, 2.05) is 30.3 Å². The van der Waals surface area contributed by atoms with Gasteiger partial charge in [-0.25, -0.2) is 15.0 Å². The van der Waals surface area contributed by atoms with Gasteiger partial charge in [0.2, 0.25) is 5.91 Å². The Bertz CT molecular complexity index is 972. The topological polar surface area (TPSA) is 103 Å². The van der Waals surface area contributed by atoms with Gasteiger partial charge in [0.15, 0.2) is 5.82 Å². The Kier molecular flexibility index (Phi) is 3.96. The normalized spacial score (nSPS) is 15.9. The number of nitrogens with two attached hydrogens (primary N) is 1. The van der Waals surface area contributed by atoms with Gasteiger partial charge < -0.3 is 15.8 Å². The van der Waals surface area contributed by atoms with E-state index < -0.39 is 0 Å². The van der Waals surface area contributed by atoms with E-state index >= 15 is 0 Å². The minimum atomic E-state index is -0.154. The molecular formula is C19H17N5O2. The number of anilines is 2. The number of hydrogen-bond donors (Lipinski definition) is 2. The molecule has 2 aromatic heterocycles. The standard InChI is InChI=1S/C19H17N5O2/c1-26-15-5-3-2-4-13(15)18-21-9-11(10-22-18)14-8-17(25)24-19-12(14)6-7-16(20)23-19/h2-7,9-10,14H,8H2,1H3,(H3,20,23,24,25). The smallest absolute Gasteiger partial charge is 0.226 e. The fourth-order valence-corrected chi connectivity index (χ4v) is 3.13. The summed E-state index contributed by atoms with van der Waals surface area (Å²) in [4.78, 5) is 25.2. The van der Waals surface area contributed by atoms with Gasteiger partial charge >= 0.3 is 0 Å². The van der Waals surface area contributed by atoms with E-state index in [0.29, 0.717) is 29.6 Å². The van der Waals surface area contributed by atoms with Crippen LogP contribution in [-0.2, 0) is 4.79 Å². The molecule has 0 saturated heterocycles. The number of benzene rings is 1. The van der Waals surface area contributed by atoms with Crippen LogP contribution >= 0.6 is 0 Å². The number of amides is 1. The number of ether oxygens (including phenoxy) is 1. The Labute approximate surface area is 150 Å². The molecule has 130 valence electrons. The molecule has 0 saturated carbocycles. The molecule has 1 atom stereocenters. The van der Waals surface area contributed by atoms with Crippen LogP contribution in [0.2, 0.25) is 0 Å². The third kappa shape index (κ3) is 2.83. The molecule has 0 bridgehead atoms. The number of hydrogen-bond acceptors (Lipinski definition) is 6. The molecule has 0 fully saturated rings. The fourth-order valence-electron chi connectivity index (χ4n) is 3.13. The largest absolute Gasteiger partial charge is 0.496 e. The minimum absolute atomic E-state index is 0.102. The first-order valence-corrected chi connectivity index (χ1v) is 8.17. The molecule has 0 spiro atoms. The average Bonchev–Trinajstić information content (AvgIpc) is 2.67. The molecular weight excluding hydrogens is 330 g/mol. The van der Waals surface area contributed by atoms with Crippen molar-refractivity contribution in [2.75, 3.05) is 18.2 Å². The van der Waals surface area contributed by atoms with Crippen molar-refractivity contribution in [2.24, 2.45) is 0 Å². The van der Waals surface area contributed by atoms with Crippen molar-refractivity contribution in [1.29, 1.82) is 0 Å². The van der Waals surface area contributed by atoms with Gasteiger partial charge in [-0.15, -0.1) is 0 Å². The van der Waals surface area contributed by atoms with E-state index in [2.05, 4.69) is 20.3 Å².